The van der Waals surface area contributed by atoms with Crippen molar-refractivity contribution >= 4 is 16.0 Å². The van der Waals surface area contributed by atoms with Crippen LogP contribution in [0.5, 0.6) is 0 Å². The number of ether oxygens (including phenoxy) is 1. The summed E-state index contributed by atoms with van der Waals surface area (Å²) in [5.41, 5.74) is 0.907. The van der Waals surface area contributed by atoms with Crippen molar-refractivity contribution in [3.63, 3.8) is 0 Å². The second-order valence-corrected chi connectivity index (χ2v) is 7.42. The van der Waals surface area contributed by atoms with E-state index >= 15 is 0 Å². The fraction of sp³-hybridized carbons (Fsp3) is 0.375. The molecule has 0 spiro atoms. The third kappa shape index (κ3) is 4.30. The summed E-state index contributed by atoms with van der Waals surface area (Å²) in [5.74, 6) is 0.0837. The number of anilines is 1. The second-order valence-electron chi connectivity index (χ2n) is 5.68. The van der Waals surface area contributed by atoms with E-state index in [0.717, 1.165) is 6.07 Å². The average Bonchev–Trinajstić information content (AvgIpc) is 2.61. The summed E-state index contributed by atoms with van der Waals surface area (Å²) in [7, 11) is -3.75. The minimum Gasteiger partial charge on any atom is -0.378 e. The molecule has 0 aliphatic carbocycles. The van der Waals surface area contributed by atoms with Crippen molar-refractivity contribution in [2.24, 2.45) is 0 Å². The van der Waals surface area contributed by atoms with Gasteiger partial charge in [-0.15, -0.1) is 0 Å². The third-order valence-electron chi connectivity index (χ3n) is 3.86. The number of rotatable bonds is 5. The molecule has 7 nitrogen and oxygen atoms in total. The quantitative estimate of drug-likeness (QED) is 0.857. The van der Waals surface area contributed by atoms with Crippen LogP contribution in [-0.2, 0) is 21.3 Å². The number of halogens is 1. The van der Waals surface area contributed by atoms with Gasteiger partial charge in [0.1, 0.15) is 5.82 Å². The van der Waals surface area contributed by atoms with Crippen LogP contribution >= 0.6 is 0 Å². The SMILES string of the molecule is Cc1cc(F)ccc1S(=O)(=O)NCc1ccnc(N2CCOCC2)n1. The van der Waals surface area contributed by atoms with Gasteiger partial charge in [0.2, 0.25) is 16.0 Å². The van der Waals surface area contributed by atoms with E-state index in [9.17, 15) is 12.8 Å². The monoisotopic (exact) mass is 366 g/mol. The Morgan fingerprint density at radius 2 is 2.04 bits per heavy atom. The highest BCUT2D eigenvalue weighted by atomic mass is 32.2. The number of sulfonamides is 1. The number of hydrogen-bond acceptors (Lipinski definition) is 6. The van der Waals surface area contributed by atoms with Crippen LogP contribution in [0.4, 0.5) is 10.3 Å². The van der Waals surface area contributed by atoms with E-state index in [1.165, 1.54) is 12.1 Å². The number of nitrogens with zero attached hydrogens (tertiary/aromatic N) is 3. The number of morpholine rings is 1. The van der Waals surface area contributed by atoms with E-state index in [0.29, 0.717) is 43.5 Å². The lowest BCUT2D eigenvalue weighted by molar-refractivity contribution is 0.122. The first-order chi connectivity index (χ1) is 12.0. The molecular weight excluding hydrogens is 347 g/mol. The molecule has 2 aromatic rings. The minimum atomic E-state index is -3.75. The molecule has 1 aliphatic rings. The molecule has 1 fully saturated rings. The molecule has 1 saturated heterocycles. The van der Waals surface area contributed by atoms with Crippen LogP contribution in [0.1, 0.15) is 11.3 Å². The molecule has 1 aromatic carbocycles. The van der Waals surface area contributed by atoms with Crippen molar-refractivity contribution in [1.82, 2.24) is 14.7 Å². The Labute approximate surface area is 145 Å². The van der Waals surface area contributed by atoms with Crippen LogP contribution in [0, 0.1) is 12.7 Å². The minimum absolute atomic E-state index is 0.0268. The van der Waals surface area contributed by atoms with Crippen molar-refractivity contribution in [1.29, 1.82) is 0 Å². The lowest BCUT2D eigenvalue weighted by Gasteiger charge is -2.26. The van der Waals surface area contributed by atoms with Crippen LogP contribution in [-0.4, -0.2) is 44.7 Å². The summed E-state index contributed by atoms with van der Waals surface area (Å²) in [6.07, 6.45) is 1.60. The van der Waals surface area contributed by atoms with Crippen molar-refractivity contribution in [3.05, 3.63) is 47.5 Å². The number of aromatic nitrogens is 2. The predicted octanol–water partition coefficient (Wildman–Crippen LogP) is 1.24. The van der Waals surface area contributed by atoms with Crippen molar-refractivity contribution in [3.8, 4) is 0 Å². The van der Waals surface area contributed by atoms with Gasteiger partial charge in [-0.25, -0.2) is 27.5 Å². The molecule has 3 rings (SSSR count). The van der Waals surface area contributed by atoms with Gasteiger partial charge < -0.3 is 9.64 Å². The van der Waals surface area contributed by atoms with Crippen molar-refractivity contribution in [2.45, 2.75) is 18.4 Å². The highest BCUT2D eigenvalue weighted by Crippen LogP contribution is 2.16. The molecular formula is C16H19FN4O3S. The Bertz CT molecular complexity index is 854. The normalized spacial score (nSPS) is 15.4. The van der Waals surface area contributed by atoms with E-state index in [4.69, 9.17) is 4.74 Å². The van der Waals surface area contributed by atoms with Gasteiger partial charge in [-0.3, -0.25) is 0 Å². The summed E-state index contributed by atoms with van der Waals surface area (Å²) < 4.78 is 45.8. The number of nitrogens with one attached hydrogen (secondary N) is 1. The van der Waals surface area contributed by atoms with Gasteiger partial charge in [-0.05, 0) is 36.8 Å². The van der Waals surface area contributed by atoms with E-state index in [1.807, 2.05) is 4.90 Å². The lowest BCUT2D eigenvalue weighted by atomic mass is 10.2. The molecule has 134 valence electrons. The molecule has 0 atom stereocenters. The molecule has 0 saturated carbocycles. The number of aryl methyl sites for hydroxylation is 1. The second kappa shape index (κ2) is 7.42. The van der Waals surface area contributed by atoms with Crippen molar-refractivity contribution < 1.29 is 17.5 Å². The van der Waals surface area contributed by atoms with Crippen LogP contribution in [0.3, 0.4) is 0 Å². The van der Waals surface area contributed by atoms with Gasteiger partial charge in [0.15, 0.2) is 0 Å². The van der Waals surface area contributed by atoms with E-state index in [2.05, 4.69) is 14.7 Å². The molecule has 0 bridgehead atoms. The largest absolute Gasteiger partial charge is 0.378 e. The summed E-state index contributed by atoms with van der Waals surface area (Å²) in [6.45, 7) is 4.21. The van der Waals surface area contributed by atoms with Crippen LogP contribution in [0.25, 0.3) is 0 Å². The Balaban J connectivity index is 1.72. The van der Waals surface area contributed by atoms with E-state index in [-0.39, 0.29) is 11.4 Å². The Morgan fingerprint density at radius 3 is 2.76 bits per heavy atom. The van der Waals surface area contributed by atoms with Gasteiger partial charge in [0, 0.05) is 19.3 Å². The van der Waals surface area contributed by atoms with E-state index < -0.39 is 15.8 Å². The zero-order chi connectivity index (χ0) is 17.9. The summed E-state index contributed by atoms with van der Waals surface area (Å²) >= 11 is 0. The first-order valence-corrected chi connectivity index (χ1v) is 9.34. The fourth-order valence-electron chi connectivity index (χ4n) is 2.56. The van der Waals surface area contributed by atoms with E-state index in [1.54, 1.807) is 19.2 Å². The van der Waals surface area contributed by atoms with Gasteiger partial charge in [-0.2, -0.15) is 0 Å². The number of hydrogen-bond donors (Lipinski definition) is 1. The standard InChI is InChI=1S/C16H19FN4O3S/c1-12-10-13(17)2-3-15(12)25(22,23)19-11-14-4-5-18-16(20-14)21-6-8-24-9-7-21/h2-5,10,19H,6-9,11H2,1H3. The summed E-state index contributed by atoms with van der Waals surface area (Å²) in [5, 5.41) is 0. The molecule has 0 unspecified atom stereocenters. The molecule has 2 heterocycles. The molecule has 1 aliphatic heterocycles. The van der Waals surface area contributed by atoms with Crippen LogP contribution in [0.15, 0.2) is 35.4 Å². The smallest absolute Gasteiger partial charge is 0.241 e. The predicted molar refractivity (Wildman–Crippen MR) is 90.2 cm³/mol. The molecule has 9 heteroatoms. The van der Waals surface area contributed by atoms with Crippen LogP contribution < -0.4 is 9.62 Å². The van der Waals surface area contributed by atoms with Gasteiger partial charge in [0.05, 0.1) is 30.3 Å². The maximum Gasteiger partial charge on any atom is 0.241 e. The molecule has 0 radical (unpaired) electrons. The molecule has 25 heavy (non-hydrogen) atoms. The first-order valence-electron chi connectivity index (χ1n) is 7.86. The van der Waals surface area contributed by atoms with Crippen molar-refractivity contribution in [2.75, 3.05) is 31.2 Å². The molecule has 1 N–H and O–H groups in total. The summed E-state index contributed by atoms with van der Waals surface area (Å²) in [6, 6.07) is 5.23. The zero-order valence-electron chi connectivity index (χ0n) is 13.8. The Hall–Kier alpha value is -2.10. The first kappa shape index (κ1) is 17.7. The van der Waals surface area contributed by atoms with Gasteiger partial charge in [-0.1, -0.05) is 0 Å². The molecule has 1 aromatic heterocycles. The highest BCUT2D eigenvalue weighted by molar-refractivity contribution is 7.89. The fourth-order valence-corrected chi connectivity index (χ4v) is 3.78. The topological polar surface area (TPSA) is 84.4 Å². The maximum absolute atomic E-state index is 13.2. The highest BCUT2D eigenvalue weighted by Gasteiger charge is 2.18. The lowest BCUT2D eigenvalue weighted by Crippen LogP contribution is -2.37. The Morgan fingerprint density at radius 1 is 1.28 bits per heavy atom. The third-order valence-corrected chi connectivity index (χ3v) is 5.43. The van der Waals surface area contributed by atoms with Gasteiger partial charge >= 0.3 is 0 Å². The Kier molecular flexibility index (Phi) is 5.26. The number of benzene rings is 1. The van der Waals surface area contributed by atoms with Crippen LogP contribution in [0.2, 0.25) is 0 Å². The maximum atomic E-state index is 13.2. The van der Waals surface area contributed by atoms with Gasteiger partial charge in [0.25, 0.3) is 0 Å². The molecule has 0 amide bonds. The summed E-state index contributed by atoms with van der Waals surface area (Å²) in [4.78, 5) is 10.7. The zero-order valence-corrected chi connectivity index (χ0v) is 14.6. The average molecular weight is 366 g/mol.